The van der Waals surface area contributed by atoms with Gasteiger partial charge in [0.05, 0.1) is 6.20 Å². The van der Waals surface area contributed by atoms with Gasteiger partial charge in [-0.25, -0.2) is 0 Å². The van der Waals surface area contributed by atoms with Crippen LogP contribution in [0.5, 0.6) is 0 Å². The number of nitrogens with one attached hydrogen (secondary N) is 1. The second-order valence-electron chi connectivity index (χ2n) is 4.14. The predicted octanol–water partition coefficient (Wildman–Crippen LogP) is 3.25. The molecule has 2 aromatic rings. The van der Waals surface area contributed by atoms with Crippen molar-refractivity contribution in [3.63, 3.8) is 0 Å². The third-order valence-corrected chi connectivity index (χ3v) is 4.24. The minimum atomic E-state index is 0.820. The molecule has 0 saturated heterocycles. The lowest BCUT2D eigenvalue weighted by molar-refractivity contribution is 0.738. The fourth-order valence-electron chi connectivity index (χ4n) is 1.71. The molecule has 0 spiro atoms. The van der Waals surface area contributed by atoms with Crippen LogP contribution in [0.2, 0.25) is 0 Å². The zero-order valence-corrected chi connectivity index (χ0v) is 12.4. The Balaban J connectivity index is 2.13. The van der Waals surface area contributed by atoms with Gasteiger partial charge in [0, 0.05) is 34.1 Å². The topological polar surface area (TPSA) is 29.9 Å². The number of anilines is 1. The van der Waals surface area contributed by atoms with Crippen molar-refractivity contribution in [2.75, 3.05) is 5.32 Å². The molecule has 0 unspecified atom stereocenters. The van der Waals surface area contributed by atoms with Crippen LogP contribution >= 0.6 is 22.6 Å². The van der Waals surface area contributed by atoms with E-state index in [-0.39, 0.29) is 0 Å². The summed E-state index contributed by atoms with van der Waals surface area (Å²) in [6.07, 6.45) is 1.92. The van der Waals surface area contributed by atoms with E-state index >= 15 is 0 Å². The van der Waals surface area contributed by atoms with Crippen LogP contribution < -0.4 is 5.32 Å². The molecular weight excluding hydrogens is 325 g/mol. The monoisotopic (exact) mass is 341 g/mol. The molecule has 0 aliphatic carbocycles. The quantitative estimate of drug-likeness (QED) is 0.869. The van der Waals surface area contributed by atoms with E-state index in [1.54, 1.807) is 0 Å². The fraction of sp³-hybridized carbons (Fsp3) is 0.308. The molecule has 3 nitrogen and oxygen atoms in total. The van der Waals surface area contributed by atoms with Gasteiger partial charge in [0.25, 0.3) is 0 Å². The molecule has 0 aliphatic rings. The summed E-state index contributed by atoms with van der Waals surface area (Å²) in [6.45, 7) is 5.05. The van der Waals surface area contributed by atoms with Gasteiger partial charge in [0.15, 0.2) is 0 Å². The van der Waals surface area contributed by atoms with E-state index < -0.39 is 0 Å². The zero-order valence-electron chi connectivity index (χ0n) is 10.3. The van der Waals surface area contributed by atoms with Gasteiger partial charge in [-0.05, 0) is 54.1 Å². The Morgan fingerprint density at radius 3 is 2.76 bits per heavy atom. The standard InChI is InChI=1S/C13H16IN3/c1-9-12(14)5-4-6-13(9)15-7-11-8-16-17(3)10(11)2/h4-6,8,15H,7H2,1-3H3. The van der Waals surface area contributed by atoms with Crippen LogP contribution in [0.1, 0.15) is 16.8 Å². The largest absolute Gasteiger partial charge is 0.381 e. The van der Waals surface area contributed by atoms with Crippen LogP contribution in [0.15, 0.2) is 24.4 Å². The van der Waals surface area contributed by atoms with Crippen LogP contribution in [-0.2, 0) is 13.6 Å². The molecule has 1 aromatic heterocycles. The van der Waals surface area contributed by atoms with Crippen molar-refractivity contribution in [2.45, 2.75) is 20.4 Å². The van der Waals surface area contributed by atoms with Crippen LogP contribution in [0, 0.1) is 17.4 Å². The Kier molecular flexibility index (Phi) is 3.71. The van der Waals surface area contributed by atoms with E-state index in [1.807, 2.05) is 17.9 Å². The molecule has 1 heterocycles. The van der Waals surface area contributed by atoms with Gasteiger partial charge in [-0.2, -0.15) is 5.10 Å². The summed E-state index contributed by atoms with van der Waals surface area (Å²) in [4.78, 5) is 0. The summed E-state index contributed by atoms with van der Waals surface area (Å²) in [5, 5.41) is 7.71. The Bertz CT molecular complexity index is 531. The second-order valence-corrected chi connectivity index (χ2v) is 5.31. The highest BCUT2D eigenvalue weighted by Gasteiger charge is 2.05. The molecule has 0 aliphatic heterocycles. The zero-order chi connectivity index (χ0) is 12.4. The van der Waals surface area contributed by atoms with Crippen molar-refractivity contribution in [2.24, 2.45) is 7.05 Å². The third kappa shape index (κ3) is 2.62. The van der Waals surface area contributed by atoms with Gasteiger partial charge in [-0.15, -0.1) is 0 Å². The number of hydrogen-bond acceptors (Lipinski definition) is 2. The van der Waals surface area contributed by atoms with Gasteiger partial charge in [-0.3, -0.25) is 4.68 Å². The molecule has 0 saturated carbocycles. The van der Waals surface area contributed by atoms with E-state index in [1.165, 1.54) is 26.1 Å². The molecule has 90 valence electrons. The van der Waals surface area contributed by atoms with Gasteiger partial charge in [-0.1, -0.05) is 6.07 Å². The first-order chi connectivity index (χ1) is 8.09. The molecule has 1 aromatic carbocycles. The number of hydrogen-bond donors (Lipinski definition) is 1. The average molecular weight is 341 g/mol. The van der Waals surface area contributed by atoms with Crippen molar-refractivity contribution >= 4 is 28.3 Å². The van der Waals surface area contributed by atoms with Gasteiger partial charge >= 0.3 is 0 Å². The van der Waals surface area contributed by atoms with Crippen LogP contribution in [-0.4, -0.2) is 9.78 Å². The Hall–Kier alpha value is -1.04. The predicted molar refractivity (Wildman–Crippen MR) is 79.2 cm³/mol. The molecule has 1 N–H and O–H groups in total. The Morgan fingerprint density at radius 1 is 1.35 bits per heavy atom. The number of benzene rings is 1. The van der Waals surface area contributed by atoms with Gasteiger partial charge < -0.3 is 5.32 Å². The molecule has 0 radical (unpaired) electrons. The number of aromatic nitrogens is 2. The molecule has 17 heavy (non-hydrogen) atoms. The Morgan fingerprint density at radius 2 is 2.12 bits per heavy atom. The minimum Gasteiger partial charge on any atom is -0.381 e. The van der Waals surface area contributed by atoms with Crippen molar-refractivity contribution in [3.8, 4) is 0 Å². The molecule has 0 bridgehead atoms. The van der Waals surface area contributed by atoms with E-state index in [0.29, 0.717) is 0 Å². The van der Waals surface area contributed by atoms with Crippen molar-refractivity contribution < 1.29 is 0 Å². The van der Waals surface area contributed by atoms with Crippen LogP contribution in [0.4, 0.5) is 5.69 Å². The minimum absolute atomic E-state index is 0.820. The van der Waals surface area contributed by atoms with E-state index in [4.69, 9.17) is 0 Å². The lowest BCUT2D eigenvalue weighted by atomic mass is 10.2. The van der Waals surface area contributed by atoms with E-state index in [0.717, 1.165) is 6.54 Å². The van der Waals surface area contributed by atoms with Crippen LogP contribution in [0.25, 0.3) is 0 Å². The van der Waals surface area contributed by atoms with E-state index in [2.05, 4.69) is 65.1 Å². The fourth-order valence-corrected chi connectivity index (χ4v) is 2.21. The second kappa shape index (κ2) is 5.08. The maximum atomic E-state index is 4.24. The maximum Gasteiger partial charge on any atom is 0.0542 e. The lowest BCUT2D eigenvalue weighted by Crippen LogP contribution is -2.03. The molecule has 0 atom stereocenters. The number of rotatable bonds is 3. The third-order valence-electron chi connectivity index (χ3n) is 3.07. The van der Waals surface area contributed by atoms with Crippen molar-refractivity contribution in [1.82, 2.24) is 9.78 Å². The lowest BCUT2D eigenvalue weighted by Gasteiger charge is -2.10. The molecule has 4 heteroatoms. The molecule has 2 rings (SSSR count). The molecule has 0 fully saturated rings. The maximum absolute atomic E-state index is 4.24. The summed E-state index contributed by atoms with van der Waals surface area (Å²) in [5.74, 6) is 0. The molecule has 0 amide bonds. The SMILES string of the molecule is Cc1c(I)cccc1NCc1cnn(C)c1C. The Labute approximate surface area is 115 Å². The van der Waals surface area contributed by atoms with Crippen LogP contribution in [0.3, 0.4) is 0 Å². The van der Waals surface area contributed by atoms with E-state index in [9.17, 15) is 0 Å². The summed E-state index contributed by atoms with van der Waals surface area (Å²) < 4.78 is 3.19. The number of halogens is 1. The smallest absolute Gasteiger partial charge is 0.0542 e. The van der Waals surface area contributed by atoms with Gasteiger partial charge in [0.2, 0.25) is 0 Å². The number of aryl methyl sites for hydroxylation is 1. The summed E-state index contributed by atoms with van der Waals surface area (Å²) in [6, 6.07) is 6.31. The van der Waals surface area contributed by atoms with Crippen molar-refractivity contribution in [3.05, 3.63) is 44.8 Å². The summed E-state index contributed by atoms with van der Waals surface area (Å²) in [7, 11) is 1.97. The summed E-state index contributed by atoms with van der Waals surface area (Å²) >= 11 is 2.36. The average Bonchev–Trinajstić information content (AvgIpc) is 2.62. The first-order valence-corrected chi connectivity index (χ1v) is 6.64. The highest BCUT2D eigenvalue weighted by atomic mass is 127. The highest BCUT2D eigenvalue weighted by Crippen LogP contribution is 2.21. The summed E-state index contributed by atoms with van der Waals surface area (Å²) in [5.41, 5.74) is 4.95. The number of nitrogens with zero attached hydrogens (tertiary/aromatic N) is 2. The first-order valence-electron chi connectivity index (χ1n) is 5.56. The van der Waals surface area contributed by atoms with Gasteiger partial charge in [0.1, 0.15) is 0 Å². The van der Waals surface area contributed by atoms with Crippen molar-refractivity contribution in [1.29, 1.82) is 0 Å². The first kappa shape index (κ1) is 12.4. The molecular formula is C13H16IN3. The normalized spacial score (nSPS) is 10.6. The highest BCUT2D eigenvalue weighted by molar-refractivity contribution is 14.1.